The van der Waals surface area contributed by atoms with E-state index in [-0.39, 0.29) is 29.6 Å². The average molecular weight is 176 g/mol. The van der Waals surface area contributed by atoms with Gasteiger partial charge in [0.25, 0.3) is 0 Å². The molecule has 0 aliphatic carbocycles. The number of unbranched alkanes of at least 4 members (excludes halogenated alkanes) is 1. The van der Waals surface area contributed by atoms with Gasteiger partial charge in [0, 0.05) is 0 Å². The summed E-state index contributed by atoms with van der Waals surface area (Å²) in [5, 5.41) is 0. The first-order chi connectivity index (χ1) is 3.33. The van der Waals surface area contributed by atoms with Gasteiger partial charge in [0.15, 0.2) is 0 Å². The van der Waals surface area contributed by atoms with Crippen molar-refractivity contribution in [1.82, 2.24) is 0 Å². The maximum atomic E-state index is 4.18. The van der Waals surface area contributed by atoms with Gasteiger partial charge in [-0.2, -0.15) is 6.56 Å². The number of rotatable bonds is 1. The predicted octanol–water partition coefficient (Wildman–Crippen LogP) is -0.333. The Bertz CT molecular complexity index is 33.2. The molecular formula is C4H10NaPS2. The molecule has 0 amide bonds. The molecule has 0 nitrogen and oxygen atoms in total. The zero-order chi connectivity index (χ0) is 6.12. The molecule has 0 N–H and O–H groups in total. The minimum Gasteiger partial charge on any atom is -0.716 e. The van der Waals surface area contributed by atoms with Gasteiger partial charge < -0.3 is 12.2 Å². The van der Waals surface area contributed by atoms with Crippen molar-refractivity contribution >= 4 is 30.6 Å². The standard InChI is InChI=1S/C4H10.Na.HPS2/c1-3-4-2;;2-1-3/h3-4H2,1-2H3;;(H,2,3)/q;+1;/p-1. The van der Waals surface area contributed by atoms with E-state index in [9.17, 15) is 0 Å². The second-order valence-corrected chi connectivity index (χ2v) is 3.01. The fourth-order valence-electron chi connectivity index (χ4n) is 0. The van der Waals surface area contributed by atoms with E-state index in [1.165, 1.54) is 12.8 Å². The second-order valence-electron chi connectivity index (χ2n) is 1.07. The van der Waals surface area contributed by atoms with Crippen LogP contribution in [-0.4, -0.2) is 0 Å². The van der Waals surface area contributed by atoms with Gasteiger partial charge >= 0.3 is 29.6 Å². The van der Waals surface area contributed by atoms with Crippen molar-refractivity contribution in [3.8, 4) is 0 Å². The van der Waals surface area contributed by atoms with Gasteiger partial charge in [0.05, 0.1) is 0 Å². The molecule has 0 rings (SSSR count). The van der Waals surface area contributed by atoms with Gasteiger partial charge in [-0.05, 0) is 0 Å². The maximum absolute atomic E-state index is 4.18. The molecule has 0 aliphatic heterocycles. The van der Waals surface area contributed by atoms with E-state index in [0.29, 0.717) is 6.56 Å². The summed E-state index contributed by atoms with van der Waals surface area (Å²) in [6.07, 6.45) is 2.64. The summed E-state index contributed by atoms with van der Waals surface area (Å²) in [5.41, 5.74) is 0. The van der Waals surface area contributed by atoms with Crippen LogP contribution in [0.25, 0.3) is 0 Å². The van der Waals surface area contributed by atoms with Crippen LogP contribution in [0.1, 0.15) is 26.7 Å². The summed E-state index contributed by atoms with van der Waals surface area (Å²) < 4.78 is 0. The van der Waals surface area contributed by atoms with E-state index < -0.39 is 0 Å². The van der Waals surface area contributed by atoms with Crippen molar-refractivity contribution in [3.63, 3.8) is 0 Å². The van der Waals surface area contributed by atoms with Crippen LogP contribution < -0.4 is 29.6 Å². The van der Waals surface area contributed by atoms with Crippen molar-refractivity contribution in [1.29, 1.82) is 0 Å². The normalized spacial score (nSPS) is 6.38. The number of hydrogen-bond donors (Lipinski definition) is 0. The fourth-order valence-corrected chi connectivity index (χ4v) is 0. The smallest absolute Gasteiger partial charge is 0.716 e. The molecule has 0 fully saturated rings. The molecule has 0 aliphatic rings. The Morgan fingerprint density at radius 3 is 1.50 bits per heavy atom. The van der Waals surface area contributed by atoms with E-state index >= 15 is 0 Å². The summed E-state index contributed by atoms with van der Waals surface area (Å²) in [7, 11) is 0. The van der Waals surface area contributed by atoms with Crippen LogP contribution in [0.15, 0.2) is 0 Å². The third kappa shape index (κ3) is 45.1. The van der Waals surface area contributed by atoms with Crippen LogP contribution in [0.5, 0.6) is 0 Å². The summed E-state index contributed by atoms with van der Waals surface area (Å²) in [5.74, 6) is 0. The third-order valence-electron chi connectivity index (χ3n) is 0.500. The minimum atomic E-state index is 0. The largest absolute Gasteiger partial charge is 1.00 e. The Morgan fingerprint density at radius 1 is 1.38 bits per heavy atom. The Labute approximate surface area is 86.1 Å². The van der Waals surface area contributed by atoms with Crippen LogP contribution in [0.4, 0.5) is 0 Å². The molecule has 0 spiro atoms. The summed E-state index contributed by atoms with van der Waals surface area (Å²) in [6, 6.07) is 0. The zero-order valence-corrected chi connectivity index (χ0v) is 10.2. The molecule has 0 unspecified atom stereocenters. The van der Waals surface area contributed by atoms with Crippen LogP contribution in [0, 0.1) is 0 Å². The van der Waals surface area contributed by atoms with Crippen molar-refractivity contribution < 1.29 is 29.6 Å². The fraction of sp³-hybridized carbons (Fsp3) is 1.00. The van der Waals surface area contributed by atoms with Crippen LogP contribution in [-0.2, 0) is 24.1 Å². The molecule has 8 heavy (non-hydrogen) atoms. The average Bonchev–Trinajstić information content (AvgIpc) is 1.69. The monoisotopic (exact) mass is 176 g/mol. The van der Waals surface area contributed by atoms with Crippen molar-refractivity contribution in [2.45, 2.75) is 26.7 Å². The summed E-state index contributed by atoms with van der Waals surface area (Å²) in [6.45, 7) is 4.94. The molecule has 0 atom stereocenters. The third-order valence-corrected chi connectivity index (χ3v) is 0.500. The van der Waals surface area contributed by atoms with E-state index in [2.05, 4.69) is 37.9 Å². The van der Waals surface area contributed by atoms with Crippen LogP contribution >= 0.6 is 6.56 Å². The van der Waals surface area contributed by atoms with Crippen LogP contribution in [0.2, 0.25) is 0 Å². The van der Waals surface area contributed by atoms with Gasteiger partial charge in [0.2, 0.25) is 0 Å². The molecule has 0 bridgehead atoms. The van der Waals surface area contributed by atoms with Crippen molar-refractivity contribution in [3.05, 3.63) is 0 Å². The summed E-state index contributed by atoms with van der Waals surface area (Å²) >= 11 is 8.36. The molecule has 0 heterocycles. The van der Waals surface area contributed by atoms with E-state index in [4.69, 9.17) is 0 Å². The van der Waals surface area contributed by atoms with Crippen LogP contribution in [0.3, 0.4) is 0 Å². The second kappa shape index (κ2) is 23.2. The van der Waals surface area contributed by atoms with Gasteiger partial charge in [-0.3, -0.25) is 0 Å². The van der Waals surface area contributed by atoms with E-state index in [1.54, 1.807) is 0 Å². The molecule has 0 aromatic heterocycles. The molecule has 44 valence electrons. The molecule has 4 heteroatoms. The minimum absolute atomic E-state index is 0. The predicted molar refractivity (Wildman–Crippen MR) is 42.2 cm³/mol. The molecule has 0 saturated heterocycles. The zero-order valence-electron chi connectivity index (χ0n) is 5.68. The number of hydrogen-bond acceptors (Lipinski definition) is 2. The van der Waals surface area contributed by atoms with Crippen molar-refractivity contribution in [2.75, 3.05) is 0 Å². The molecule has 0 aromatic carbocycles. The van der Waals surface area contributed by atoms with Gasteiger partial charge in [-0.25, -0.2) is 0 Å². The topological polar surface area (TPSA) is 0 Å². The first-order valence-electron chi connectivity index (χ1n) is 2.28. The quantitative estimate of drug-likeness (QED) is 0.305. The van der Waals surface area contributed by atoms with Gasteiger partial charge in [-0.15, -0.1) is 0 Å². The maximum Gasteiger partial charge on any atom is 1.00 e. The van der Waals surface area contributed by atoms with E-state index in [1.807, 2.05) is 0 Å². The van der Waals surface area contributed by atoms with Gasteiger partial charge in [0.1, 0.15) is 0 Å². The Morgan fingerprint density at radius 2 is 1.50 bits per heavy atom. The molecular weight excluding hydrogens is 166 g/mol. The first-order valence-corrected chi connectivity index (χ1v) is 5.20. The Kier molecular flexibility index (Phi) is 47.6. The first kappa shape index (κ1) is 16.5. The molecule has 0 saturated carbocycles. The van der Waals surface area contributed by atoms with E-state index in [0.717, 1.165) is 0 Å². The molecule has 0 aromatic rings. The van der Waals surface area contributed by atoms with Crippen molar-refractivity contribution in [2.24, 2.45) is 0 Å². The van der Waals surface area contributed by atoms with Gasteiger partial charge in [-0.1, -0.05) is 38.5 Å². The Balaban J connectivity index is -0.0000000575. The SMILES string of the molecule is CCCC.S=P[S-].[Na+]. The Hall–Kier alpha value is 1.87. The summed E-state index contributed by atoms with van der Waals surface area (Å²) in [4.78, 5) is 0. The molecule has 0 radical (unpaired) electrons.